The minimum atomic E-state index is -0.148. The lowest BCUT2D eigenvalue weighted by Crippen LogP contribution is -2.29. The highest BCUT2D eigenvalue weighted by Gasteiger charge is 2.15. The number of carbonyl (C=O) groups excluding carboxylic acids is 2. The lowest BCUT2D eigenvalue weighted by atomic mass is 10.0. The zero-order valence-electron chi connectivity index (χ0n) is 13.1. The molecule has 0 fully saturated rings. The second-order valence-electron chi connectivity index (χ2n) is 5.37. The van der Waals surface area contributed by atoms with Crippen molar-refractivity contribution in [2.45, 2.75) is 26.2 Å². The molecule has 0 heterocycles. The summed E-state index contributed by atoms with van der Waals surface area (Å²) < 4.78 is 0. The number of nitrogens with zero attached hydrogens (tertiary/aromatic N) is 1. The third-order valence-electron chi connectivity index (χ3n) is 3.37. The van der Waals surface area contributed by atoms with Gasteiger partial charge >= 0.3 is 0 Å². The zero-order chi connectivity index (χ0) is 15.8. The smallest absolute Gasteiger partial charge is 0.228 e. The van der Waals surface area contributed by atoms with Crippen molar-refractivity contribution in [2.24, 2.45) is 11.7 Å². The van der Waals surface area contributed by atoms with E-state index in [0.29, 0.717) is 13.0 Å². The van der Waals surface area contributed by atoms with Crippen LogP contribution in [0.1, 0.15) is 25.3 Å². The van der Waals surface area contributed by atoms with Gasteiger partial charge in [0.15, 0.2) is 0 Å². The highest BCUT2D eigenvalue weighted by Crippen LogP contribution is 2.13. The largest absolute Gasteiger partial charge is 0.349 e. The van der Waals surface area contributed by atoms with Crippen LogP contribution in [0, 0.1) is 5.92 Å². The van der Waals surface area contributed by atoms with Crippen molar-refractivity contribution in [1.29, 1.82) is 0 Å². The minimum absolute atomic E-state index is 0.0449. The topological polar surface area (TPSA) is 75.4 Å². The summed E-state index contributed by atoms with van der Waals surface area (Å²) in [6.07, 6.45) is 2.08. The molecule has 5 heteroatoms. The van der Waals surface area contributed by atoms with Crippen molar-refractivity contribution < 1.29 is 9.59 Å². The van der Waals surface area contributed by atoms with E-state index in [2.05, 4.69) is 5.32 Å². The Bertz CT molecular complexity index is 469. The summed E-state index contributed by atoms with van der Waals surface area (Å²) in [6.45, 7) is 2.39. The highest BCUT2D eigenvalue weighted by molar-refractivity contribution is 5.92. The van der Waals surface area contributed by atoms with Gasteiger partial charge in [-0.3, -0.25) is 9.59 Å². The zero-order valence-corrected chi connectivity index (χ0v) is 13.1. The van der Waals surface area contributed by atoms with Gasteiger partial charge in [-0.2, -0.15) is 0 Å². The van der Waals surface area contributed by atoms with Crippen LogP contribution in [0.15, 0.2) is 24.3 Å². The van der Waals surface area contributed by atoms with E-state index in [0.717, 1.165) is 24.1 Å². The summed E-state index contributed by atoms with van der Waals surface area (Å²) in [7, 11) is 3.47. The average molecular weight is 291 g/mol. The Morgan fingerprint density at radius 2 is 1.86 bits per heavy atom. The summed E-state index contributed by atoms with van der Waals surface area (Å²) in [4.78, 5) is 25.2. The molecule has 0 aliphatic carbocycles. The summed E-state index contributed by atoms with van der Waals surface area (Å²) >= 11 is 0. The fraction of sp³-hybridized carbons (Fsp3) is 0.500. The van der Waals surface area contributed by atoms with Crippen LogP contribution in [-0.2, 0) is 16.0 Å². The van der Waals surface area contributed by atoms with Crippen LogP contribution in [0.5, 0.6) is 0 Å². The Labute approximate surface area is 126 Å². The molecule has 1 rings (SSSR count). The fourth-order valence-electron chi connectivity index (χ4n) is 1.99. The third kappa shape index (κ3) is 5.55. The predicted molar refractivity (Wildman–Crippen MR) is 84.9 cm³/mol. The molecule has 116 valence electrons. The van der Waals surface area contributed by atoms with Crippen molar-refractivity contribution in [3.05, 3.63) is 29.8 Å². The lowest BCUT2D eigenvalue weighted by molar-refractivity contribution is -0.128. The lowest BCUT2D eigenvalue weighted by Gasteiger charge is -2.14. The first-order valence-corrected chi connectivity index (χ1v) is 7.28. The van der Waals surface area contributed by atoms with Gasteiger partial charge in [-0.05, 0) is 24.1 Å². The number of rotatable bonds is 7. The van der Waals surface area contributed by atoms with Crippen LogP contribution in [0.25, 0.3) is 0 Å². The van der Waals surface area contributed by atoms with Gasteiger partial charge in [0.25, 0.3) is 0 Å². The summed E-state index contributed by atoms with van der Waals surface area (Å²) in [5, 5.41) is 2.87. The molecular weight excluding hydrogens is 266 g/mol. The first-order valence-electron chi connectivity index (χ1n) is 7.28. The highest BCUT2D eigenvalue weighted by atomic mass is 16.2. The van der Waals surface area contributed by atoms with Crippen LogP contribution in [0.2, 0.25) is 0 Å². The van der Waals surface area contributed by atoms with E-state index in [1.54, 1.807) is 19.0 Å². The fourth-order valence-corrected chi connectivity index (χ4v) is 1.99. The summed E-state index contributed by atoms with van der Waals surface area (Å²) in [5.74, 6) is -0.139. The van der Waals surface area contributed by atoms with Gasteiger partial charge in [-0.15, -0.1) is 0 Å². The van der Waals surface area contributed by atoms with Gasteiger partial charge in [0.2, 0.25) is 11.8 Å². The Morgan fingerprint density at radius 3 is 2.33 bits per heavy atom. The Balaban J connectivity index is 2.62. The van der Waals surface area contributed by atoms with Crippen LogP contribution >= 0.6 is 0 Å². The molecule has 0 bridgehead atoms. The van der Waals surface area contributed by atoms with E-state index >= 15 is 0 Å². The van der Waals surface area contributed by atoms with E-state index in [-0.39, 0.29) is 17.7 Å². The minimum Gasteiger partial charge on any atom is -0.349 e. The van der Waals surface area contributed by atoms with Gasteiger partial charge in [-0.25, -0.2) is 0 Å². The normalized spacial score (nSPS) is 11.8. The molecule has 1 unspecified atom stereocenters. The number of nitrogens with one attached hydrogen (secondary N) is 1. The molecule has 3 N–H and O–H groups in total. The maximum atomic E-state index is 12.0. The van der Waals surface area contributed by atoms with Gasteiger partial charge in [0.05, 0.1) is 12.3 Å². The number of amides is 2. The van der Waals surface area contributed by atoms with E-state index in [4.69, 9.17) is 5.73 Å². The number of hydrogen-bond donors (Lipinski definition) is 2. The van der Waals surface area contributed by atoms with E-state index in [9.17, 15) is 9.59 Å². The molecule has 0 aliphatic rings. The quantitative estimate of drug-likeness (QED) is 0.801. The predicted octanol–water partition coefficient (Wildman–Crippen LogP) is 1.63. The number of nitrogens with two attached hydrogens (primary N) is 1. The molecule has 0 saturated carbocycles. The molecular formula is C16H25N3O2. The first-order chi connectivity index (χ1) is 9.97. The maximum absolute atomic E-state index is 12.0. The van der Waals surface area contributed by atoms with E-state index < -0.39 is 0 Å². The molecule has 1 atom stereocenters. The van der Waals surface area contributed by atoms with Gasteiger partial charge in [0, 0.05) is 26.3 Å². The van der Waals surface area contributed by atoms with Gasteiger partial charge in [-0.1, -0.05) is 25.5 Å². The molecule has 0 radical (unpaired) electrons. The monoisotopic (exact) mass is 291 g/mol. The van der Waals surface area contributed by atoms with Gasteiger partial charge in [0.1, 0.15) is 0 Å². The number of hydrogen-bond acceptors (Lipinski definition) is 3. The Morgan fingerprint density at radius 1 is 1.24 bits per heavy atom. The van der Waals surface area contributed by atoms with Crippen molar-refractivity contribution in [1.82, 2.24) is 4.90 Å². The first kappa shape index (κ1) is 17.2. The second-order valence-corrected chi connectivity index (χ2v) is 5.37. The summed E-state index contributed by atoms with van der Waals surface area (Å²) in [6, 6.07) is 7.34. The number of anilines is 1. The van der Waals surface area contributed by atoms with Crippen LogP contribution < -0.4 is 11.1 Å². The molecule has 0 saturated heterocycles. The number of likely N-dealkylation sites (N-methyl/N-ethyl adjacent to an activating group) is 1. The van der Waals surface area contributed by atoms with Gasteiger partial charge < -0.3 is 16.0 Å². The number of carbonyl (C=O) groups is 2. The molecule has 1 aromatic carbocycles. The molecule has 21 heavy (non-hydrogen) atoms. The molecule has 0 aliphatic heterocycles. The van der Waals surface area contributed by atoms with Crippen molar-refractivity contribution in [3.63, 3.8) is 0 Å². The standard InChI is InChI=1S/C16H25N3O2/c1-4-5-13(11-17)16(21)18-14-8-6-12(7-9-14)10-15(20)19(2)3/h6-9,13H,4-5,10-11,17H2,1-3H3,(H,18,21). The molecule has 0 aromatic heterocycles. The Hall–Kier alpha value is -1.88. The van der Waals surface area contributed by atoms with E-state index in [1.807, 2.05) is 31.2 Å². The average Bonchev–Trinajstić information content (AvgIpc) is 2.46. The molecule has 2 amide bonds. The summed E-state index contributed by atoms with van der Waals surface area (Å²) in [5.41, 5.74) is 7.28. The van der Waals surface area contributed by atoms with Crippen molar-refractivity contribution in [2.75, 3.05) is 26.0 Å². The third-order valence-corrected chi connectivity index (χ3v) is 3.37. The van der Waals surface area contributed by atoms with Crippen molar-refractivity contribution >= 4 is 17.5 Å². The molecule has 0 spiro atoms. The van der Waals surface area contributed by atoms with Crippen LogP contribution in [-0.4, -0.2) is 37.4 Å². The van der Waals surface area contributed by atoms with Crippen LogP contribution in [0.3, 0.4) is 0 Å². The SMILES string of the molecule is CCCC(CN)C(=O)Nc1ccc(CC(=O)N(C)C)cc1. The Kier molecular flexibility index (Phi) is 6.88. The molecule has 5 nitrogen and oxygen atoms in total. The number of benzene rings is 1. The van der Waals surface area contributed by atoms with Crippen molar-refractivity contribution in [3.8, 4) is 0 Å². The maximum Gasteiger partial charge on any atom is 0.228 e. The molecule has 1 aromatic rings. The van der Waals surface area contributed by atoms with E-state index in [1.165, 1.54) is 0 Å². The van der Waals surface area contributed by atoms with Crippen LogP contribution in [0.4, 0.5) is 5.69 Å². The second kappa shape index (κ2) is 8.42.